The predicted octanol–water partition coefficient (Wildman–Crippen LogP) is 1.68. The van der Waals surface area contributed by atoms with Gasteiger partial charge in [0, 0.05) is 38.5 Å². The number of hydrogen-bond donors (Lipinski definition) is 2. The summed E-state index contributed by atoms with van der Waals surface area (Å²) >= 11 is 5.73. The van der Waals surface area contributed by atoms with E-state index < -0.39 is 5.91 Å². The Hall–Kier alpha value is -2.59. The van der Waals surface area contributed by atoms with Crippen LogP contribution >= 0.6 is 11.6 Å². The lowest BCUT2D eigenvalue weighted by Gasteiger charge is -2.15. The standard InChI is InChI=1S/C16H18ClN5O2/c17-13-4-5-14(21-11-13)20-10-12(9-18)16(24)19-6-2-8-22-7-1-3-15(22)23/h4-5,10-11H,1-3,6-8H2,(H,19,24)(H,20,21)/b12-10-. The number of carbonyl (C=O) groups excluding carboxylic acids is 2. The maximum Gasteiger partial charge on any atom is 0.263 e. The predicted molar refractivity (Wildman–Crippen MR) is 90.0 cm³/mol. The molecule has 1 fully saturated rings. The molecular formula is C16H18ClN5O2. The first-order chi connectivity index (χ1) is 11.6. The number of hydrogen-bond acceptors (Lipinski definition) is 5. The van der Waals surface area contributed by atoms with Gasteiger partial charge >= 0.3 is 0 Å². The van der Waals surface area contributed by atoms with Crippen molar-refractivity contribution in [2.24, 2.45) is 0 Å². The number of nitrogens with one attached hydrogen (secondary N) is 2. The molecule has 0 atom stereocenters. The van der Waals surface area contributed by atoms with Gasteiger partial charge in [-0.25, -0.2) is 4.98 Å². The molecule has 1 aromatic heterocycles. The summed E-state index contributed by atoms with van der Waals surface area (Å²) in [5.41, 5.74) is -0.0519. The molecule has 126 valence electrons. The molecule has 1 saturated heterocycles. The Kier molecular flexibility index (Phi) is 6.58. The van der Waals surface area contributed by atoms with Gasteiger partial charge in [0.15, 0.2) is 0 Å². The normalized spacial score (nSPS) is 14.4. The molecule has 24 heavy (non-hydrogen) atoms. The quantitative estimate of drug-likeness (QED) is 0.444. The second kappa shape index (κ2) is 8.89. The van der Waals surface area contributed by atoms with Gasteiger partial charge in [-0.3, -0.25) is 9.59 Å². The van der Waals surface area contributed by atoms with Gasteiger partial charge < -0.3 is 15.5 Å². The molecule has 1 aromatic rings. The number of aromatic nitrogens is 1. The summed E-state index contributed by atoms with van der Waals surface area (Å²) in [5.74, 6) is 0.179. The molecule has 0 radical (unpaired) electrons. The lowest BCUT2D eigenvalue weighted by atomic mass is 10.3. The van der Waals surface area contributed by atoms with E-state index in [1.54, 1.807) is 17.0 Å². The fourth-order valence-corrected chi connectivity index (χ4v) is 2.38. The minimum Gasteiger partial charge on any atom is -0.351 e. The maximum atomic E-state index is 11.9. The maximum absolute atomic E-state index is 11.9. The average Bonchev–Trinajstić information content (AvgIpc) is 2.99. The summed E-state index contributed by atoms with van der Waals surface area (Å²) < 4.78 is 0. The van der Waals surface area contributed by atoms with Crippen LogP contribution in [-0.4, -0.2) is 41.3 Å². The Morgan fingerprint density at radius 2 is 2.33 bits per heavy atom. The van der Waals surface area contributed by atoms with Crippen LogP contribution in [-0.2, 0) is 9.59 Å². The highest BCUT2D eigenvalue weighted by atomic mass is 35.5. The molecule has 8 heteroatoms. The molecule has 0 unspecified atom stereocenters. The third-order valence-corrected chi connectivity index (χ3v) is 3.74. The van der Waals surface area contributed by atoms with Crippen LogP contribution in [0.15, 0.2) is 30.1 Å². The van der Waals surface area contributed by atoms with E-state index in [9.17, 15) is 9.59 Å². The van der Waals surface area contributed by atoms with Crippen molar-refractivity contribution in [1.82, 2.24) is 15.2 Å². The van der Waals surface area contributed by atoms with E-state index >= 15 is 0 Å². The number of halogens is 1. The number of nitriles is 1. The Morgan fingerprint density at radius 3 is 2.96 bits per heavy atom. The van der Waals surface area contributed by atoms with Crippen LogP contribution in [0.1, 0.15) is 19.3 Å². The summed E-state index contributed by atoms with van der Waals surface area (Å²) in [7, 11) is 0. The molecule has 1 aliphatic rings. The van der Waals surface area contributed by atoms with Gasteiger partial charge in [0.2, 0.25) is 5.91 Å². The van der Waals surface area contributed by atoms with Crippen LogP contribution in [0.5, 0.6) is 0 Å². The monoisotopic (exact) mass is 347 g/mol. The fourth-order valence-electron chi connectivity index (χ4n) is 2.26. The van der Waals surface area contributed by atoms with E-state index in [0.29, 0.717) is 36.8 Å². The van der Waals surface area contributed by atoms with Gasteiger partial charge in [-0.1, -0.05) is 11.6 Å². The largest absolute Gasteiger partial charge is 0.351 e. The zero-order valence-electron chi connectivity index (χ0n) is 13.1. The number of likely N-dealkylation sites (tertiary alicyclic amines) is 1. The number of pyridine rings is 1. The summed E-state index contributed by atoms with van der Waals surface area (Å²) in [5, 5.41) is 15.0. The van der Waals surface area contributed by atoms with Crippen LogP contribution in [0.3, 0.4) is 0 Å². The van der Waals surface area contributed by atoms with E-state index in [1.807, 2.05) is 6.07 Å². The minimum absolute atomic E-state index is 0.0519. The molecule has 0 saturated carbocycles. The fraction of sp³-hybridized carbons (Fsp3) is 0.375. The lowest BCUT2D eigenvalue weighted by molar-refractivity contribution is -0.127. The van der Waals surface area contributed by atoms with Crippen molar-refractivity contribution in [3.8, 4) is 6.07 Å². The van der Waals surface area contributed by atoms with E-state index in [-0.39, 0.29) is 11.5 Å². The first-order valence-electron chi connectivity index (χ1n) is 7.64. The average molecular weight is 348 g/mol. The van der Waals surface area contributed by atoms with Crippen LogP contribution in [0.4, 0.5) is 5.82 Å². The van der Waals surface area contributed by atoms with Gasteiger partial charge in [0.25, 0.3) is 5.91 Å². The molecule has 0 bridgehead atoms. The zero-order chi connectivity index (χ0) is 17.4. The summed E-state index contributed by atoms with van der Waals surface area (Å²) in [6, 6.07) is 5.13. The van der Waals surface area contributed by atoms with E-state index in [1.165, 1.54) is 12.4 Å². The van der Waals surface area contributed by atoms with Crippen LogP contribution in [0.2, 0.25) is 5.02 Å². The lowest BCUT2D eigenvalue weighted by Crippen LogP contribution is -2.31. The van der Waals surface area contributed by atoms with Gasteiger partial charge in [-0.2, -0.15) is 5.26 Å². The third kappa shape index (κ3) is 5.25. The zero-order valence-corrected chi connectivity index (χ0v) is 13.8. The van der Waals surface area contributed by atoms with Crippen molar-refractivity contribution < 1.29 is 9.59 Å². The van der Waals surface area contributed by atoms with Gasteiger partial charge in [0.05, 0.1) is 5.02 Å². The molecule has 1 aliphatic heterocycles. The van der Waals surface area contributed by atoms with E-state index in [0.717, 1.165) is 13.0 Å². The van der Waals surface area contributed by atoms with Crippen molar-refractivity contribution in [1.29, 1.82) is 5.26 Å². The molecule has 2 heterocycles. The Labute approximate surface area is 145 Å². The topological polar surface area (TPSA) is 98.1 Å². The third-order valence-electron chi connectivity index (χ3n) is 3.52. The Morgan fingerprint density at radius 1 is 1.50 bits per heavy atom. The molecule has 2 N–H and O–H groups in total. The van der Waals surface area contributed by atoms with Crippen molar-refractivity contribution in [2.45, 2.75) is 19.3 Å². The van der Waals surface area contributed by atoms with E-state index in [4.69, 9.17) is 16.9 Å². The Bertz CT molecular complexity index is 666. The highest BCUT2D eigenvalue weighted by molar-refractivity contribution is 6.30. The molecule has 2 amide bonds. The molecule has 7 nitrogen and oxygen atoms in total. The van der Waals surface area contributed by atoms with Gasteiger partial charge in [0.1, 0.15) is 17.5 Å². The second-order valence-electron chi connectivity index (χ2n) is 5.27. The first-order valence-corrected chi connectivity index (χ1v) is 8.02. The first kappa shape index (κ1) is 17.8. The summed E-state index contributed by atoms with van der Waals surface area (Å²) in [6.07, 6.45) is 4.93. The van der Waals surface area contributed by atoms with Crippen molar-refractivity contribution >= 4 is 29.2 Å². The van der Waals surface area contributed by atoms with E-state index in [2.05, 4.69) is 15.6 Å². The number of anilines is 1. The van der Waals surface area contributed by atoms with Crippen LogP contribution < -0.4 is 10.6 Å². The van der Waals surface area contributed by atoms with Crippen LogP contribution in [0, 0.1) is 11.3 Å². The number of rotatable bonds is 7. The van der Waals surface area contributed by atoms with Gasteiger partial charge in [-0.05, 0) is 25.0 Å². The molecule has 2 rings (SSSR count). The number of nitrogens with zero attached hydrogens (tertiary/aromatic N) is 3. The van der Waals surface area contributed by atoms with Crippen LogP contribution in [0.25, 0.3) is 0 Å². The Balaban J connectivity index is 1.76. The van der Waals surface area contributed by atoms with Crippen molar-refractivity contribution in [3.63, 3.8) is 0 Å². The summed E-state index contributed by atoms with van der Waals surface area (Å²) in [4.78, 5) is 29.2. The van der Waals surface area contributed by atoms with Gasteiger partial charge in [-0.15, -0.1) is 0 Å². The molecular weight excluding hydrogens is 330 g/mol. The van der Waals surface area contributed by atoms with Crippen molar-refractivity contribution in [2.75, 3.05) is 25.0 Å². The highest BCUT2D eigenvalue weighted by Crippen LogP contribution is 2.10. The number of carbonyl (C=O) groups is 2. The minimum atomic E-state index is -0.466. The highest BCUT2D eigenvalue weighted by Gasteiger charge is 2.19. The van der Waals surface area contributed by atoms with Crippen molar-refractivity contribution in [3.05, 3.63) is 35.1 Å². The smallest absolute Gasteiger partial charge is 0.263 e. The number of amides is 2. The molecule has 0 aliphatic carbocycles. The molecule has 0 aromatic carbocycles. The summed E-state index contributed by atoms with van der Waals surface area (Å²) in [6.45, 7) is 1.81. The molecule has 0 spiro atoms. The second-order valence-corrected chi connectivity index (χ2v) is 5.71. The SMILES string of the molecule is N#C/C(=C/Nc1ccc(Cl)cn1)C(=O)NCCCN1CCCC1=O.